The van der Waals surface area contributed by atoms with Crippen LogP contribution in [0.3, 0.4) is 0 Å². The summed E-state index contributed by atoms with van der Waals surface area (Å²) in [6, 6.07) is 4.03. The highest BCUT2D eigenvalue weighted by atomic mass is 31.1. The summed E-state index contributed by atoms with van der Waals surface area (Å²) in [4.78, 5) is 11.6. The summed E-state index contributed by atoms with van der Waals surface area (Å²) >= 11 is 0. The SMILES string of the molecule is COc1ccc(O[P+](=O)N[C@@H](C)C(=O)OC(C)C)cc1OC. The van der Waals surface area contributed by atoms with Gasteiger partial charge in [-0.05, 0) is 32.9 Å². The van der Waals surface area contributed by atoms with Crippen molar-refractivity contribution in [2.45, 2.75) is 32.9 Å². The van der Waals surface area contributed by atoms with Gasteiger partial charge in [0, 0.05) is 10.6 Å². The first-order valence-corrected chi connectivity index (χ1v) is 7.89. The number of benzene rings is 1. The molecule has 0 aliphatic rings. The van der Waals surface area contributed by atoms with Crippen LogP contribution in [0.2, 0.25) is 0 Å². The number of nitrogens with one attached hydrogen (secondary N) is 1. The van der Waals surface area contributed by atoms with Crippen molar-refractivity contribution in [3.05, 3.63) is 18.2 Å². The van der Waals surface area contributed by atoms with Crippen molar-refractivity contribution < 1.29 is 28.1 Å². The number of ether oxygens (including phenoxy) is 3. The molecule has 0 radical (unpaired) electrons. The van der Waals surface area contributed by atoms with E-state index in [0.717, 1.165) is 0 Å². The zero-order chi connectivity index (χ0) is 16.7. The standard InChI is InChI=1S/C14H21NO6P/c1-9(2)20-14(16)10(3)15-22(17)21-11-6-7-12(18-4)13(8-11)19-5/h6-10H,1-5H3,(H,15,17)/q+1/t10-/m0/s1. The molecule has 0 bridgehead atoms. The van der Waals surface area contributed by atoms with Gasteiger partial charge in [0.05, 0.1) is 20.3 Å². The van der Waals surface area contributed by atoms with Gasteiger partial charge in [0.15, 0.2) is 17.2 Å². The van der Waals surface area contributed by atoms with Crippen molar-refractivity contribution in [1.82, 2.24) is 5.09 Å². The largest absolute Gasteiger partial charge is 0.664 e. The zero-order valence-electron chi connectivity index (χ0n) is 13.3. The first-order chi connectivity index (χ1) is 10.4. The Kier molecular flexibility index (Phi) is 7.08. The smallest absolute Gasteiger partial charge is 0.493 e. The van der Waals surface area contributed by atoms with Crippen LogP contribution in [-0.2, 0) is 14.1 Å². The minimum atomic E-state index is -2.28. The fraction of sp³-hybridized carbons (Fsp3) is 0.500. The number of esters is 1. The predicted octanol–water partition coefficient (Wildman–Crippen LogP) is 2.67. The van der Waals surface area contributed by atoms with E-state index in [4.69, 9.17) is 18.7 Å². The molecule has 0 aromatic heterocycles. The van der Waals surface area contributed by atoms with E-state index in [1.807, 2.05) is 0 Å². The normalized spacial score (nSPS) is 12.5. The Morgan fingerprint density at radius 2 is 1.77 bits per heavy atom. The lowest BCUT2D eigenvalue weighted by Gasteiger charge is -2.10. The number of hydrogen-bond donors (Lipinski definition) is 1. The Labute approximate surface area is 130 Å². The number of carbonyl (C=O) groups excluding carboxylic acids is 1. The van der Waals surface area contributed by atoms with Crippen molar-refractivity contribution in [2.75, 3.05) is 14.2 Å². The van der Waals surface area contributed by atoms with Crippen LogP contribution < -0.4 is 19.1 Å². The summed E-state index contributed by atoms with van der Waals surface area (Å²) in [5, 5.41) is 2.54. The van der Waals surface area contributed by atoms with Crippen LogP contribution >= 0.6 is 8.18 Å². The molecule has 0 amide bonds. The topological polar surface area (TPSA) is 83.1 Å². The molecule has 1 unspecified atom stereocenters. The maximum absolute atomic E-state index is 11.9. The molecule has 8 heteroatoms. The van der Waals surface area contributed by atoms with E-state index in [1.165, 1.54) is 14.2 Å². The summed E-state index contributed by atoms with van der Waals surface area (Å²) in [7, 11) is 0.724. The average molecular weight is 330 g/mol. The first-order valence-electron chi connectivity index (χ1n) is 6.71. The van der Waals surface area contributed by atoms with Gasteiger partial charge in [-0.15, -0.1) is 0 Å². The summed E-state index contributed by atoms with van der Waals surface area (Å²) < 4.78 is 32.4. The van der Waals surface area contributed by atoms with Gasteiger partial charge in [-0.25, -0.2) is 4.52 Å². The fourth-order valence-electron chi connectivity index (χ4n) is 1.54. The average Bonchev–Trinajstić information content (AvgIpc) is 2.46. The molecule has 0 heterocycles. The third-order valence-corrected chi connectivity index (χ3v) is 3.52. The Morgan fingerprint density at radius 1 is 1.14 bits per heavy atom. The Bertz CT molecular complexity index is 534. The molecule has 2 atom stereocenters. The van der Waals surface area contributed by atoms with Crippen molar-refractivity contribution in [3.8, 4) is 17.2 Å². The number of hydrogen-bond acceptors (Lipinski definition) is 6. The maximum Gasteiger partial charge on any atom is 0.664 e. The lowest BCUT2D eigenvalue weighted by Crippen LogP contribution is -2.33. The Balaban J connectivity index is 2.63. The van der Waals surface area contributed by atoms with Gasteiger partial charge in [-0.2, -0.15) is 0 Å². The second-order valence-electron chi connectivity index (χ2n) is 4.70. The van der Waals surface area contributed by atoms with E-state index in [1.54, 1.807) is 39.0 Å². The number of methoxy groups -OCH3 is 2. The van der Waals surface area contributed by atoms with Crippen LogP contribution in [0.5, 0.6) is 17.2 Å². The van der Waals surface area contributed by atoms with Crippen LogP contribution in [0.4, 0.5) is 0 Å². The first kappa shape index (κ1) is 18.2. The van der Waals surface area contributed by atoms with Gasteiger partial charge >= 0.3 is 14.1 Å². The van der Waals surface area contributed by atoms with Gasteiger partial charge in [0.1, 0.15) is 6.04 Å². The van der Waals surface area contributed by atoms with Gasteiger partial charge in [0.2, 0.25) is 0 Å². The monoisotopic (exact) mass is 330 g/mol. The van der Waals surface area contributed by atoms with E-state index in [0.29, 0.717) is 17.2 Å². The minimum Gasteiger partial charge on any atom is -0.493 e. The molecule has 1 aromatic carbocycles. The van der Waals surface area contributed by atoms with Gasteiger partial charge in [-0.3, -0.25) is 4.79 Å². The third kappa shape index (κ3) is 5.50. The number of carbonyl (C=O) groups is 1. The van der Waals surface area contributed by atoms with Crippen molar-refractivity contribution in [1.29, 1.82) is 0 Å². The van der Waals surface area contributed by atoms with Crippen molar-refractivity contribution in [2.24, 2.45) is 0 Å². The zero-order valence-corrected chi connectivity index (χ0v) is 14.2. The summed E-state index contributed by atoms with van der Waals surface area (Å²) in [5.74, 6) is 0.826. The van der Waals surface area contributed by atoms with Crippen molar-refractivity contribution >= 4 is 14.1 Å². The third-order valence-electron chi connectivity index (χ3n) is 2.55. The van der Waals surface area contributed by atoms with Gasteiger partial charge in [0.25, 0.3) is 0 Å². The summed E-state index contributed by atoms with van der Waals surface area (Å²) in [6.07, 6.45) is -0.235. The predicted molar refractivity (Wildman–Crippen MR) is 81.6 cm³/mol. The summed E-state index contributed by atoms with van der Waals surface area (Å²) in [5.41, 5.74) is 0. The lowest BCUT2D eigenvalue weighted by atomic mass is 10.3. The maximum atomic E-state index is 11.9. The highest BCUT2D eigenvalue weighted by Crippen LogP contribution is 2.34. The van der Waals surface area contributed by atoms with Gasteiger partial charge < -0.3 is 14.2 Å². The fourth-order valence-corrected chi connectivity index (χ4v) is 2.32. The summed E-state index contributed by atoms with van der Waals surface area (Å²) in [6.45, 7) is 5.03. The molecule has 7 nitrogen and oxygen atoms in total. The molecular weight excluding hydrogens is 309 g/mol. The highest BCUT2D eigenvalue weighted by Gasteiger charge is 2.29. The second-order valence-corrected chi connectivity index (χ2v) is 5.66. The van der Waals surface area contributed by atoms with E-state index in [9.17, 15) is 9.36 Å². The van der Waals surface area contributed by atoms with E-state index in [-0.39, 0.29) is 6.10 Å². The van der Waals surface area contributed by atoms with Crippen LogP contribution in [0.1, 0.15) is 20.8 Å². The molecule has 1 aromatic rings. The highest BCUT2D eigenvalue weighted by molar-refractivity contribution is 7.37. The Hall–Kier alpha value is -1.85. The quantitative estimate of drug-likeness (QED) is 0.579. The van der Waals surface area contributed by atoms with Crippen molar-refractivity contribution in [3.63, 3.8) is 0 Å². The van der Waals surface area contributed by atoms with Crippen LogP contribution in [0.25, 0.3) is 0 Å². The molecule has 1 N–H and O–H groups in total. The molecule has 0 fully saturated rings. The van der Waals surface area contributed by atoms with E-state index < -0.39 is 20.2 Å². The molecular formula is C14H21NO6P+. The molecule has 0 spiro atoms. The van der Waals surface area contributed by atoms with Crippen LogP contribution in [0.15, 0.2) is 18.2 Å². The Morgan fingerprint density at radius 3 is 2.32 bits per heavy atom. The molecule has 1 rings (SSSR count). The minimum absolute atomic E-state index is 0.235. The second kappa shape index (κ2) is 8.56. The lowest BCUT2D eigenvalue weighted by molar-refractivity contribution is -0.148. The number of rotatable bonds is 8. The van der Waals surface area contributed by atoms with E-state index in [2.05, 4.69) is 5.09 Å². The van der Waals surface area contributed by atoms with Crippen LogP contribution in [0, 0.1) is 0 Å². The molecule has 0 aliphatic carbocycles. The molecule has 0 aliphatic heterocycles. The van der Waals surface area contributed by atoms with Gasteiger partial charge in [-0.1, -0.05) is 5.09 Å². The molecule has 0 saturated heterocycles. The van der Waals surface area contributed by atoms with Crippen LogP contribution in [-0.4, -0.2) is 32.3 Å². The molecule has 0 saturated carbocycles. The van der Waals surface area contributed by atoms with E-state index >= 15 is 0 Å². The molecule has 22 heavy (non-hydrogen) atoms. The molecule has 122 valence electrons.